The first-order valence-electron chi connectivity index (χ1n) is 6.56. The maximum Gasteiger partial charge on any atom is 0.162 e. The summed E-state index contributed by atoms with van der Waals surface area (Å²) in [5.41, 5.74) is 2.08. The van der Waals surface area contributed by atoms with Gasteiger partial charge in [-0.1, -0.05) is 36.4 Å². The number of fused-ring (bicyclic) bond motifs is 1. The molecule has 0 fully saturated rings. The lowest BCUT2D eigenvalue weighted by molar-refractivity contribution is 0.356. The average molecular weight is 297 g/mol. The minimum atomic E-state index is 0.703. The summed E-state index contributed by atoms with van der Waals surface area (Å²) >= 11 is 1.63. The zero-order valence-electron chi connectivity index (χ0n) is 11.9. The predicted molar refractivity (Wildman–Crippen MR) is 88.1 cm³/mol. The molecule has 0 aliphatic heterocycles. The van der Waals surface area contributed by atoms with E-state index in [0.29, 0.717) is 5.75 Å². The molecule has 1 heterocycles. The van der Waals surface area contributed by atoms with Crippen molar-refractivity contribution in [1.29, 1.82) is 0 Å². The van der Waals surface area contributed by atoms with Gasteiger partial charge in [0.15, 0.2) is 11.5 Å². The van der Waals surface area contributed by atoms with Crippen LogP contribution in [0.5, 0.6) is 11.5 Å². The van der Waals surface area contributed by atoms with Gasteiger partial charge in [0.1, 0.15) is 5.01 Å². The van der Waals surface area contributed by atoms with E-state index < -0.39 is 0 Å². The lowest BCUT2D eigenvalue weighted by Gasteiger charge is -2.05. The van der Waals surface area contributed by atoms with E-state index in [4.69, 9.17) is 9.47 Å². The molecule has 0 aliphatic carbocycles. The van der Waals surface area contributed by atoms with E-state index in [2.05, 4.69) is 23.2 Å². The van der Waals surface area contributed by atoms with Crippen molar-refractivity contribution < 1.29 is 9.47 Å². The third-order valence-electron chi connectivity index (χ3n) is 3.13. The summed E-state index contributed by atoms with van der Waals surface area (Å²) in [6.45, 7) is 0. The summed E-state index contributed by atoms with van der Waals surface area (Å²) in [5.74, 6) is 1.43. The zero-order valence-corrected chi connectivity index (χ0v) is 12.7. The van der Waals surface area contributed by atoms with Gasteiger partial charge in [0.2, 0.25) is 0 Å². The SMILES string of the molecule is COc1cc2nc(/C=C/c3ccccc3)sc2cc1OC. The minimum Gasteiger partial charge on any atom is -0.493 e. The molecule has 0 bridgehead atoms. The molecule has 0 aliphatic rings. The normalized spacial score (nSPS) is 11.1. The zero-order chi connectivity index (χ0) is 14.7. The molecular weight excluding hydrogens is 282 g/mol. The smallest absolute Gasteiger partial charge is 0.162 e. The lowest BCUT2D eigenvalue weighted by atomic mass is 10.2. The van der Waals surface area contributed by atoms with Crippen LogP contribution in [0.25, 0.3) is 22.4 Å². The van der Waals surface area contributed by atoms with Crippen molar-refractivity contribution in [2.24, 2.45) is 0 Å². The van der Waals surface area contributed by atoms with Crippen LogP contribution in [0.15, 0.2) is 42.5 Å². The van der Waals surface area contributed by atoms with Crippen molar-refractivity contribution in [1.82, 2.24) is 4.98 Å². The summed E-state index contributed by atoms with van der Waals surface area (Å²) in [6, 6.07) is 14.1. The highest BCUT2D eigenvalue weighted by atomic mass is 32.1. The highest BCUT2D eigenvalue weighted by Gasteiger charge is 2.09. The molecule has 0 amide bonds. The molecule has 0 spiro atoms. The minimum absolute atomic E-state index is 0.703. The fourth-order valence-electron chi connectivity index (χ4n) is 2.08. The Labute approximate surface area is 127 Å². The van der Waals surface area contributed by atoms with Gasteiger partial charge in [-0.25, -0.2) is 4.98 Å². The predicted octanol–water partition coefficient (Wildman–Crippen LogP) is 4.48. The van der Waals surface area contributed by atoms with Gasteiger partial charge < -0.3 is 9.47 Å². The van der Waals surface area contributed by atoms with E-state index in [9.17, 15) is 0 Å². The van der Waals surface area contributed by atoms with Crippen LogP contribution in [-0.2, 0) is 0 Å². The maximum absolute atomic E-state index is 5.32. The monoisotopic (exact) mass is 297 g/mol. The topological polar surface area (TPSA) is 31.4 Å². The molecule has 3 aromatic rings. The van der Waals surface area contributed by atoms with Crippen molar-refractivity contribution in [3.63, 3.8) is 0 Å². The van der Waals surface area contributed by atoms with Crippen LogP contribution in [0.3, 0.4) is 0 Å². The number of rotatable bonds is 4. The summed E-state index contributed by atoms with van der Waals surface area (Å²) in [6.07, 6.45) is 4.09. The molecule has 0 saturated heterocycles. The van der Waals surface area contributed by atoms with Crippen molar-refractivity contribution in [3.8, 4) is 11.5 Å². The number of hydrogen-bond acceptors (Lipinski definition) is 4. The van der Waals surface area contributed by atoms with Crippen LogP contribution < -0.4 is 9.47 Å². The molecule has 0 N–H and O–H groups in total. The Morgan fingerprint density at radius 2 is 1.67 bits per heavy atom. The second kappa shape index (κ2) is 5.97. The van der Waals surface area contributed by atoms with Crippen molar-refractivity contribution in [2.75, 3.05) is 14.2 Å². The lowest BCUT2D eigenvalue weighted by Crippen LogP contribution is -1.89. The summed E-state index contributed by atoms with van der Waals surface area (Å²) in [4.78, 5) is 4.61. The molecular formula is C17H15NO2S. The Bertz CT molecular complexity index is 737. The van der Waals surface area contributed by atoms with E-state index in [1.165, 1.54) is 0 Å². The molecule has 3 rings (SSSR count). The molecule has 21 heavy (non-hydrogen) atoms. The highest BCUT2D eigenvalue weighted by molar-refractivity contribution is 7.19. The Hall–Kier alpha value is -2.33. The third-order valence-corrected chi connectivity index (χ3v) is 4.11. The van der Waals surface area contributed by atoms with Gasteiger partial charge in [-0.15, -0.1) is 11.3 Å². The van der Waals surface area contributed by atoms with Crippen molar-refractivity contribution in [3.05, 3.63) is 53.0 Å². The van der Waals surface area contributed by atoms with Crippen molar-refractivity contribution in [2.45, 2.75) is 0 Å². The van der Waals surface area contributed by atoms with Crippen LogP contribution in [0, 0.1) is 0 Å². The van der Waals surface area contributed by atoms with Crippen LogP contribution in [-0.4, -0.2) is 19.2 Å². The standard InChI is InChI=1S/C17H15NO2S/c1-19-14-10-13-16(11-15(14)20-2)21-17(18-13)9-8-12-6-4-3-5-7-12/h3-11H,1-2H3/b9-8+. The fraction of sp³-hybridized carbons (Fsp3) is 0.118. The van der Waals surface area contributed by atoms with Gasteiger partial charge in [-0.2, -0.15) is 0 Å². The number of ether oxygens (including phenoxy) is 2. The number of thiazole rings is 1. The van der Waals surface area contributed by atoms with Gasteiger partial charge in [-0.3, -0.25) is 0 Å². The van der Waals surface area contributed by atoms with Gasteiger partial charge in [0.25, 0.3) is 0 Å². The first-order chi connectivity index (χ1) is 10.3. The van der Waals surface area contributed by atoms with Crippen LogP contribution in [0.4, 0.5) is 0 Å². The number of methoxy groups -OCH3 is 2. The van der Waals surface area contributed by atoms with E-state index in [1.54, 1.807) is 25.6 Å². The molecule has 0 atom stereocenters. The quantitative estimate of drug-likeness (QED) is 0.711. The van der Waals surface area contributed by atoms with Crippen LogP contribution in [0.1, 0.15) is 10.6 Å². The molecule has 2 aromatic carbocycles. The number of benzene rings is 2. The molecule has 0 saturated carbocycles. The second-order valence-corrected chi connectivity index (χ2v) is 5.53. The van der Waals surface area contributed by atoms with E-state index >= 15 is 0 Å². The van der Waals surface area contributed by atoms with Gasteiger partial charge in [-0.05, 0) is 11.6 Å². The summed E-state index contributed by atoms with van der Waals surface area (Å²) < 4.78 is 11.7. The Morgan fingerprint density at radius 3 is 2.38 bits per heavy atom. The van der Waals surface area contributed by atoms with Gasteiger partial charge in [0.05, 0.1) is 24.4 Å². The largest absolute Gasteiger partial charge is 0.493 e. The highest BCUT2D eigenvalue weighted by Crippen LogP contribution is 2.35. The first kappa shape index (κ1) is 13.6. The van der Waals surface area contributed by atoms with E-state index in [-0.39, 0.29) is 0 Å². The average Bonchev–Trinajstić information content (AvgIpc) is 2.94. The Kier molecular flexibility index (Phi) is 3.88. The van der Waals surface area contributed by atoms with E-state index in [0.717, 1.165) is 26.5 Å². The van der Waals surface area contributed by atoms with Crippen LogP contribution >= 0.6 is 11.3 Å². The molecule has 1 aromatic heterocycles. The summed E-state index contributed by atoms with van der Waals surface area (Å²) in [5, 5.41) is 0.962. The summed E-state index contributed by atoms with van der Waals surface area (Å²) in [7, 11) is 3.27. The fourth-order valence-corrected chi connectivity index (χ4v) is 2.96. The van der Waals surface area contributed by atoms with Gasteiger partial charge in [0, 0.05) is 12.1 Å². The van der Waals surface area contributed by atoms with Crippen LogP contribution in [0.2, 0.25) is 0 Å². The third kappa shape index (κ3) is 2.90. The maximum atomic E-state index is 5.32. The second-order valence-electron chi connectivity index (χ2n) is 4.47. The molecule has 0 unspecified atom stereocenters. The number of aromatic nitrogens is 1. The first-order valence-corrected chi connectivity index (χ1v) is 7.37. The molecule has 3 nitrogen and oxygen atoms in total. The van der Waals surface area contributed by atoms with Crippen molar-refractivity contribution >= 4 is 33.7 Å². The number of nitrogens with zero attached hydrogens (tertiary/aromatic N) is 1. The van der Waals surface area contributed by atoms with E-state index in [1.807, 2.05) is 36.4 Å². The van der Waals surface area contributed by atoms with Gasteiger partial charge >= 0.3 is 0 Å². The Morgan fingerprint density at radius 1 is 0.952 bits per heavy atom. The molecule has 106 valence electrons. The molecule has 4 heteroatoms. The molecule has 0 radical (unpaired) electrons. The number of hydrogen-bond donors (Lipinski definition) is 0. The Balaban J connectivity index is 1.96.